The minimum atomic E-state index is -0.633. The van der Waals surface area contributed by atoms with Gasteiger partial charge >= 0.3 is 0 Å². The average Bonchev–Trinajstić information content (AvgIpc) is 2.86. The molecule has 1 heterocycles. The van der Waals surface area contributed by atoms with E-state index in [2.05, 4.69) is 4.99 Å². The molecular formula is C18H16F2N2OS. The van der Waals surface area contributed by atoms with E-state index in [1.165, 1.54) is 6.07 Å². The molecule has 0 saturated carbocycles. The molecule has 0 bridgehead atoms. The highest BCUT2D eigenvalue weighted by molar-refractivity contribution is 7.16. The zero-order valence-corrected chi connectivity index (χ0v) is 13.9. The zero-order valence-electron chi connectivity index (χ0n) is 13.1. The van der Waals surface area contributed by atoms with Crippen LogP contribution in [0.5, 0.6) is 0 Å². The predicted octanol–water partition coefficient (Wildman–Crippen LogP) is 4.06. The third kappa shape index (κ3) is 3.43. The number of carbonyl (C=O) groups is 1. The van der Waals surface area contributed by atoms with Gasteiger partial charge in [0.05, 0.1) is 16.6 Å². The van der Waals surface area contributed by atoms with Crippen molar-refractivity contribution in [2.75, 3.05) is 0 Å². The quantitative estimate of drug-likeness (QED) is 0.701. The maximum Gasteiger partial charge on any atom is 0.252 e. The monoisotopic (exact) mass is 346 g/mol. The summed E-state index contributed by atoms with van der Waals surface area (Å²) < 4.78 is 29.7. The topological polar surface area (TPSA) is 34.4 Å². The fourth-order valence-corrected chi connectivity index (χ4v) is 3.67. The van der Waals surface area contributed by atoms with Crippen LogP contribution in [0, 0.1) is 11.6 Å². The van der Waals surface area contributed by atoms with Gasteiger partial charge in [-0.3, -0.25) is 4.79 Å². The number of nitrogens with zero attached hydrogens (tertiary/aromatic N) is 2. The van der Waals surface area contributed by atoms with Crippen molar-refractivity contribution in [2.45, 2.75) is 26.3 Å². The van der Waals surface area contributed by atoms with Crippen LogP contribution >= 0.6 is 11.3 Å². The molecule has 0 spiro atoms. The number of rotatable bonds is 4. The molecule has 24 heavy (non-hydrogen) atoms. The van der Waals surface area contributed by atoms with Crippen LogP contribution in [0.1, 0.15) is 18.9 Å². The number of carbonyl (C=O) groups excluding carboxylic acids is 1. The second-order valence-corrected chi connectivity index (χ2v) is 6.45. The molecular weight excluding hydrogens is 330 g/mol. The number of aromatic nitrogens is 1. The molecule has 1 aromatic heterocycles. The highest BCUT2D eigenvalue weighted by Crippen LogP contribution is 2.22. The second kappa shape index (κ2) is 7.05. The van der Waals surface area contributed by atoms with E-state index >= 15 is 0 Å². The third-order valence-corrected chi connectivity index (χ3v) is 4.59. The predicted molar refractivity (Wildman–Crippen MR) is 90.7 cm³/mol. The van der Waals surface area contributed by atoms with Gasteiger partial charge in [-0.05, 0) is 18.1 Å². The first-order valence-electron chi connectivity index (χ1n) is 7.68. The van der Waals surface area contributed by atoms with Gasteiger partial charge in [0.1, 0.15) is 5.82 Å². The molecule has 0 unspecified atom stereocenters. The first kappa shape index (κ1) is 16.5. The van der Waals surface area contributed by atoms with E-state index in [1.807, 2.05) is 37.3 Å². The fourth-order valence-electron chi connectivity index (χ4n) is 2.56. The Balaban J connectivity index is 2.06. The van der Waals surface area contributed by atoms with Crippen LogP contribution < -0.4 is 4.80 Å². The van der Waals surface area contributed by atoms with Crippen molar-refractivity contribution in [3.63, 3.8) is 0 Å². The largest absolute Gasteiger partial charge is 0.314 e. The van der Waals surface area contributed by atoms with Gasteiger partial charge in [0.25, 0.3) is 5.91 Å². The van der Waals surface area contributed by atoms with Gasteiger partial charge in [-0.1, -0.05) is 48.6 Å². The molecule has 0 atom stereocenters. The molecule has 0 radical (unpaired) electrons. The van der Waals surface area contributed by atoms with Crippen LogP contribution in [-0.4, -0.2) is 10.5 Å². The van der Waals surface area contributed by atoms with Gasteiger partial charge < -0.3 is 4.57 Å². The molecule has 3 aromatic rings. The molecule has 6 heteroatoms. The van der Waals surface area contributed by atoms with Crippen LogP contribution in [0.25, 0.3) is 10.2 Å². The van der Waals surface area contributed by atoms with Crippen LogP contribution in [0.15, 0.2) is 47.5 Å². The molecule has 0 aliphatic rings. The van der Waals surface area contributed by atoms with E-state index in [9.17, 15) is 13.6 Å². The molecule has 0 aliphatic carbocycles. The van der Waals surface area contributed by atoms with Gasteiger partial charge in [0.2, 0.25) is 0 Å². The number of thiazole rings is 1. The summed E-state index contributed by atoms with van der Waals surface area (Å²) in [6.45, 7) is 2.47. The van der Waals surface area contributed by atoms with Crippen molar-refractivity contribution in [1.82, 2.24) is 4.57 Å². The molecule has 0 N–H and O–H groups in total. The minimum Gasteiger partial charge on any atom is -0.314 e. The Hall–Kier alpha value is -2.34. The molecule has 0 aliphatic heterocycles. The van der Waals surface area contributed by atoms with Crippen molar-refractivity contribution in [3.05, 3.63) is 64.5 Å². The van der Waals surface area contributed by atoms with E-state index in [-0.39, 0.29) is 12.3 Å². The van der Waals surface area contributed by atoms with Crippen molar-refractivity contribution in [2.24, 2.45) is 4.99 Å². The summed E-state index contributed by atoms with van der Waals surface area (Å²) in [5, 5.41) is 0. The van der Waals surface area contributed by atoms with Crippen molar-refractivity contribution < 1.29 is 13.6 Å². The van der Waals surface area contributed by atoms with E-state index in [0.717, 1.165) is 29.4 Å². The molecule has 0 fully saturated rings. The van der Waals surface area contributed by atoms with Crippen molar-refractivity contribution in [3.8, 4) is 0 Å². The molecule has 3 rings (SSSR count). The Bertz CT molecular complexity index is 945. The van der Waals surface area contributed by atoms with Crippen LogP contribution in [0.3, 0.4) is 0 Å². The van der Waals surface area contributed by atoms with Crippen LogP contribution in [0.2, 0.25) is 0 Å². The van der Waals surface area contributed by atoms with Crippen molar-refractivity contribution in [1.29, 1.82) is 0 Å². The average molecular weight is 346 g/mol. The zero-order chi connectivity index (χ0) is 17.1. The highest BCUT2D eigenvalue weighted by atomic mass is 32.1. The lowest BCUT2D eigenvalue weighted by Gasteiger charge is -2.03. The Kier molecular flexibility index (Phi) is 4.85. The number of amides is 1. The molecule has 1 amide bonds. The van der Waals surface area contributed by atoms with E-state index in [4.69, 9.17) is 0 Å². The van der Waals surface area contributed by atoms with Gasteiger partial charge in [-0.15, -0.1) is 0 Å². The number of fused-ring (bicyclic) bond motifs is 1. The summed E-state index contributed by atoms with van der Waals surface area (Å²) in [4.78, 5) is 16.8. The maximum atomic E-state index is 14.1. The number of aryl methyl sites for hydroxylation is 1. The van der Waals surface area contributed by atoms with Crippen LogP contribution in [0.4, 0.5) is 8.78 Å². The Labute approximate surface area is 141 Å². The minimum absolute atomic E-state index is 0.179. The first-order valence-corrected chi connectivity index (χ1v) is 8.50. The molecule has 2 aromatic carbocycles. The van der Waals surface area contributed by atoms with Crippen LogP contribution in [-0.2, 0) is 17.8 Å². The lowest BCUT2D eigenvalue weighted by Crippen LogP contribution is -2.18. The van der Waals surface area contributed by atoms with Gasteiger partial charge in [-0.2, -0.15) is 4.99 Å². The Morgan fingerprint density at radius 2 is 1.96 bits per heavy atom. The number of halogens is 2. The summed E-state index contributed by atoms with van der Waals surface area (Å²) in [6, 6.07) is 11.4. The first-order chi connectivity index (χ1) is 11.6. The molecule has 3 nitrogen and oxygen atoms in total. The standard InChI is InChI=1S/C18H16F2N2OS/c1-2-8-22-17-14(20)10-13(19)11-15(17)24-18(22)21-16(23)9-12-6-4-3-5-7-12/h3-7,10-11H,2,8-9H2,1H3. The van der Waals surface area contributed by atoms with E-state index in [1.54, 1.807) is 4.57 Å². The van der Waals surface area contributed by atoms with E-state index in [0.29, 0.717) is 21.6 Å². The number of benzene rings is 2. The van der Waals surface area contributed by atoms with Gasteiger partial charge in [0.15, 0.2) is 10.6 Å². The lowest BCUT2D eigenvalue weighted by molar-refractivity contribution is -0.117. The molecule has 0 saturated heterocycles. The number of hydrogen-bond acceptors (Lipinski definition) is 2. The maximum absolute atomic E-state index is 14.1. The molecule has 124 valence electrons. The van der Waals surface area contributed by atoms with Crippen molar-refractivity contribution >= 4 is 27.5 Å². The Morgan fingerprint density at radius 3 is 2.67 bits per heavy atom. The SMILES string of the molecule is CCCn1c(=NC(=O)Cc2ccccc2)sc2cc(F)cc(F)c21. The normalized spacial score (nSPS) is 12.0. The third-order valence-electron chi connectivity index (χ3n) is 3.56. The van der Waals surface area contributed by atoms with Gasteiger partial charge in [-0.25, -0.2) is 8.78 Å². The summed E-state index contributed by atoms with van der Waals surface area (Å²) in [6.07, 6.45) is 0.931. The fraction of sp³-hybridized carbons (Fsp3) is 0.222. The Morgan fingerprint density at radius 1 is 1.21 bits per heavy atom. The second-order valence-electron chi connectivity index (χ2n) is 5.44. The summed E-state index contributed by atoms with van der Waals surface area (Å²) >= 11 is 1.13. The number of hydrogen-bond donors (Lipinski definition) is 0. The highest BCUT2D eigenvalue weighted by Gasteiger charge is 2.13. The smallest absolute Gasteiger partial charge is 0.252 e. The lowest BCUT2D eigenvalue weighted by atomic mass is 10.1. The van der Waals surface area contributed by atoms with E-state index < -0.39 is 11.6 Å². The van der Waals surface area contributed by atoms with Gasteiger partial charge in [0, 0.05) is 12.6 Å². The summed E-state index contributed by atoms with van der Waals surface area (Å²) in [7, 11) is 0. The summed E-state index contributed by atoms with van der Waals surface area (Å²) in [5.41, 5.74) is 1.17. The summed E-state index contributed by atoms with van der Waals surface area (Å²) in [5.74, 6) is -1.57.